The molecule has 0 radical (unpaired) electrons. The Labute approximate surface area is 115 Å². The molecule has 1 aliphatic carbocycles. The molecule has 0 saturated carbocycles. The summed E-state index contributed by atoms with van der Waals surface area (Å²) in [5, 5.41) is 18.9. The first-order valence-electron chi connectivity index (χ1n) is 6.69. The van der Waals surface area contributed by atoms with Gasteiger partial charge in [0.25, 0.3) is 0 Å². The molecule has 1 unspecified atom stereocenters. The lowest BCUT2D eigenvalue weighted by Gasteiger charge is -2.12. The smallest absolute Gasteiger partial charge is 0.416 e. The van der Waals surface area contributed by atoms with Crippen LogP contribution in [0.25, 0.3) is 5.57 Å². The molecule has 2 nitrogen and oxygen atoms in total. The van der Waals surface area contributed by atoms with Gasteiger partial charge in [-0.1, -0.05) is 32.3 Å². The van der Waals surface area contributed by atoms with Crippen LogP contribution in [0.1, 0.15) is 49.7 Å². The number of phenolic OH excluding ortho intramolecular Hbond substituents is 2. The van der Waals surface area contributed by atoms with Crippen LogP contribution in [0.2, 0.25) is 0 Å². The predicted molar refractivity (Wildman–Crippen MR) is 70.7 cm³/mol. The van der Waals surface area contributed by atoms with Crippen LogP contribution in [0.5, 0.6) is 11.5 Å². The summed E-state index contributed by atoms with van der Waals surface area (Å²) < 4.78 is 39.1. The Hall–Kier alpha value is -1.65. The van der Waals surface area contributed by atoms with Crippen molar-refractivity contribution in [2.24, 2.45) is 0 Å². The predicted octanol–water partition coefficient (Wildman–Crippen LogP) is 4.72. The summed E-state index contributed by atoms with van der Waals surface area (Å²) in [6.07, 6.45) is 0.173. The Morgan fingerprint density at radius 1 is 1.10 bits per heavy atom. The third kappa shape index (κ3) is 2.76. The highest BCUT2D eigenvalue weighted by molar-refractivity contribution is 5.79. The van der Waals surface area contributed by atoms with E-state index >= 15 is 0 Å². The number of phenols is 2. The van der Waals surface area contributed by atoms with E-state index in [0.717, 1.165) is 25.3 Å². The summed E-state index contributed by atoms with van der Waals surface area (Å²) in [6.45, 7) is 2.03. The summed E-state index contributed by atoms with van der Waals surface area (Å²) in [5.74, 6) is -1.24. The van der Waals surface area contributed by atoms with Gasteiger partial charge in [-0.15, -0.1) is 0 Å². The second-order valence-electron chi connectivity index (χ2n) is 5.11. The fourth-order valence-corrected chi connectivity index (χ4v) is 2.61. The summed E-state index contributed by atoms with van der Waals surface area (Å²) in [4.78, 5) is 0. The van der Waals surface area contributed by atoms with Crippen molar-refractivity contribution in [3.8, 4) is 11.5 Å². The average Bonchev–Trinajstić information content (AvgIpc) is 2.69. The fourth-order valence-electron chi connectivity index (χ4n) is 2.61. The monoisotopic (exact) mass is 286 g/mol. The van der Waals surface area contributed by atoms with Gasteiger partial charge in [0.05, 0.1) is 5.57 Å². The maximum Gasteiger partial charge on any atom is 0.416 e. The van der Waals surface area contributed by atoms with Gasteiger partial charge in [-0.05, 0) is 29.7 Å². The summed E-state index contributed by atoms with van der Waals surface area (Å²) in [6, 6.07) is 2.25. The maximum absolute atomic E-state index is 13.0. The number of rotatable bonds is 4. The van der Waals surface area contributed by atoms with Crippen LogP contribution < -0.4 is 0 Å². The minimum Gasteiger partial charge on any atom is -0.504 e. The molecule has 0 spiro atoms. The Balaban J connectivity index is 2.38. The molecule has 1 atom stereocenters. The molecule has 2 N–H and O–H groups in total. The van der Waals surface area contributed by atoms with Crippen LogP contribution in [-0.4, -0.2) is 16.4 Å². The molecule has 0 heterocycles. The summed E-state index contributed by atoms with van der Waals surface area (Å²) in [7, 11) is 0. The van der Waals surface area contributed by atoms with Crippen LogP contribution in [0, 0.1) is 0 Å². The molecule has 0 amide bonds. The highest BCUT2D eigenvalue weighted by Gasteiger charge is 2.40. The first-order valence-corrected chi connectivity index (χ1v) is 6.69. The van der Waals surface area contributed by atoms with E-state index in [9.17, 15) is 23.4 Å². The van der Waals surface area contributed by atoms with Crippen molar-refractivity contribution in [1.29, 1.82) is 0 Å². The molecule has 5 heteroatoms. The number of hydrogen-bond donors (Lipinski definition) is 2. The summed E-state index contributed by atoms with van der Waals surface area (Å²) >= 11 is 0. The standard InChI is InChI=1S/C15H17F3O2/c1-2-3-4-5-9-6-12(15(16,17)18)11-8-14(20)13(19)7-10(9)11/h6-9,19-20H,2-5H2,1H3. The lowest BCUT2D eigenvalue weighted by atomic mass is 9.94. The van der Waals surface area contributed by atoms with E-state index in [-0.39, 0.29) is 17.2 Å². The van der Waals surface area contributed by atoms with Gasteiger partial charge in [0, 0.05) is 5.92 Å². The number of fused-ring (bicyclic) bond motifs is 1. The van der Waals surface area contributed by atoms with Gasteiger partial charge in [-0.25, -0.2) is 0 Å². The maximum atomic E-state index is 13.0. The topological polar surface area (TPSA) is 40.5 Å². The highest BCUT2D eigenvalue weighted by atomic mass is 19.4. The second kappa shape index (κ2) is 5.38. The Morgan fingerprint density at radius 2 is 1.75 bits per heavy atom. The highest BCUT2D eigenvalue weighted by Crippen LogP contribution is 2.48. The number of alkyl halides is 3. The first kappa shape index (κ1) is 14.8. The SMILES string of the molecule is CCCCCC1C=C(C(F)(F)F)c2cc(O)c(O)cc21. The van der Waals surface area contributed by atoms with Gasteiger partial charge in [-0.2, -0.15) is 13.2 Å². The van der Waals surface area contributed by atoms with Gasteiger partial charge in [0.2, 0.25) is 0 Å². The number of benzene rings is 1. The van der Waals surface area contributed by atoms with Crippen LogP contribution >= 0.6 is 0 Å². The van der Waals surface area contributed by atoms with Gasteiger partial charge in [0.1, 0.15) is 0 Å². The molecule has 20 heavy (non-hydrogen) atoms. The zero-order chi connectivity index (χ0) is 14.9. The van der Waals surface area contributed by atoms with Crippen molar-refractivity contribution in [2.45, 2.75) is 44.7 Å². The van der Waals surface area contributed by atoms with E-state index in [1.54, 1.807) is 0 Å². The molecule has 0 bridgehead atoms. The van der Waals surface area contributed by atoms with E-state index in [1.165, 1.54) is 12.1 Å². The van der Waals surface area contributed by atoms with Crippen LogP contribution in [-0.2, 0) is 0 Å². The zero-order valence-electron chi connectivity index (χ0n) is 11.2. The molecular weight excluding hydrogens is 269 g/mol. The Morgan fingerprint density at radius 3 is 2.35 bits per heavy atom. The molecule has 1 aromatic carbocycles. The van der Waals surface area contributed by atoms with Crippen molar-refractivity contribution < 1.29 is 23.4 Å². The zero-order valence-corrected chi connectivity index (χ0v) is 11.2. The quantitative estimate of drug-likeness (QED) is 0.621. The first-order chi connectivity index (χ1) is 9.34. The second-order valence-corrected chi connectivity index (χ2v) is 5.11. The minimum absolute atomic E-state index is 0.0192. The molecule has 0 saturated heterocycles. The Kier molecular flexibility index (Phi) is 3.97. The largest absolute Gasteiger partial charge is 0.504 e. The Bertz CT molecular complexity index is 533. The number of hydrogen-bond acceptors (Lipinski definition) is 2. The molecular formula is C15H17F3O2. The van der Waals surface area contributed by atoms with Gasteiger partial charge < -0.3 is 10.2 Å². The van der Waals surface area contributed by atoms with E-state index in [0.29, 0.717) is 12.0 Å². The average molecular weight is 286 g/mol. The van der Waals surface area contributed by atoms with Crippen LogP contribution in [0.15, 0.2) is 18.2 Å². The van der Waals surface area contributed by atoms with E-state index < -0.39 is 17.5 Å². The molecule has 1 aliphatic rings. The van der Waals surface area contributed by atoms with Gasteiger partial charge in [-0.3, -0.25) is 0 Å². The van der Waals surface area contributed by atoms with Crippen molar-refractivity contribution in [2.75, 3.05) is 0 Å². The third-order valence-electron chi connectivity index (χ3n) is 3.63. The molecule has 2 rings (SSSR count). The van der Waals surface area contributed by atoms with Gasteiger partial charge >= 0.3 is 6.18 Å². The van der Waals surface area contributed by atoms with Crippen molar-refractivity contribution in [3.05, 3.63) is 29.3 Å². The number of aromatic hydroxyl groups is 2. The minimum atomic E-state index is -4.45. The number of halogens is 3. The fraction of sp³-hybridized carbons (Fsp3) is 0.467. The van der Waals surface area contributed by atoms with E-state index in [2.05, 4.69) is 0 Å². The third-order valence-corrected chi connectivity index (χ3v) is 3.63. The normalized spacial score (nSPS) is 18.0. The molecule has 110 valence electrons. The lowest BCUT2D eigenvalue weighted by Crippen LogP contribution is -2.09. The number of unbranched alkanes of at least 4 members (excludes halogenated alkanes) is 2. The van der Waals surface area contributed by atoms with Gasteiger partial charge in [0.15, 0.2) is 11.5 Å². The molecule has 0 aromatic heterocycles. The lowest BCUT2D eigenvalue weighted by molar-refractivity contribution is -0.0688. The van der Waals surface area contributed by atoms with Crippen LogP contribution in [0.4, 0.5) is 13.2 Å². The molecule has 1 aromatic rings. The molecule has 0 aliphatic heterocycles. The number of allylic oxidation sites excluding steroid dienone is 2. The van der Waals surface area contributed by atoms with Crippen molar-refractivity contribution in [3.63, 3.8) is 0 Å². The summed E-state index contributed by atoms with van der Waals surface area (Å²) in [5.41, 5.74) is -0.290. The van der Waals surface area contributed by atoms with E-state index in [4.69, 9.17) is 0 Å². The van der Waals surface area contributed by atoms with E-state index in [1.807, 2.05) is 6.92 Å². The van der Waals surface area contributed by atoms with Crippen molar-refractivity contribution in [1.82, 2.24) is 0 Å². The molecule has 0 fully saturated rings. The van der Waals surface area contributed by atoms with Crippen LogP contribution in [0.3, 0.4) is 0 Å². The van der Waals surface area contributed by atoms with Crippen molar-refractivity contribution >= 4 is 5.57 Å².